The van der Waals surface area contributed by atoms with Crippen molar-refractivity contribution >= 4 is 17.3 Å². The van der Waals surface area contributed by atoms with Gasteiger partial charge >= 0.3 is 0 Å². The van der Waals surface area contributed by atoms with E-state index in [9.17, 15) is 4.79 Å². The number of rotatable bonds is 7. The van der Waals surface area contributed by atoms with Crippen LogP contribution in [-0.4, -0.2) is 25.6 Å². The van der Waals surface area contributed by atoms with E-state index in [-0.39, 0.29) is 12.5 Å². The van der Waals surface area contributed by atoms with Crippen molar-refractivity contribution in [3.05, 3.63) is 54.1 Å². The minimum absolute atomic E-state index is 0.0678. The third-order valence-corrected chi connectivity index (χ3v) is 3.61. The largest absolute Gasteiger partial charge is 0.484 e. The van der Waals surface area contributed by atoms with Gasteiger partial charge in [-0.25, -0.2) is 0 Å². The van der Waals surface area contributed by atoms with Crippen molar-refractivity contribution in [1.82, 2.24) is 0 Å². The third-order valence-electron chi connectivity index (χ3n) is 3.61. The molecule has 0 bridgehead atoms. The van der Waals surface area contributed by atoms with Crippen LogP contribution in [0, 0.1) is 11.3 Å². The van der Waals surface area contributed by atoms with Crippen LogP contribution < -0.4 is 15.0 Å². The van der Waals surface area contributed by atoms with Gasteiger partial charge < -0.3 is 15.0 Å². The minimum Gasteiger partial charge on any atom is -0.484 e. The molecule has 0 aliphatic rings. The molecular formula is C19H21N3O2. The summed E-state index contributed by atoms with van der Waals surface area (Å²) >= 11 is 0. The van der Waals surface area contributed by atoms with Crippen molar-refractivity contribution in [3.8, 4) is 11.8 Å². The quantitative estimate of drug-likeness (QED) is 0.848. The van der Waals surface area contributed by atoms with Gasteiger partial charge in [-0.1, -0.05) is 6.07 Å². The summed E-state index contributed by atoms with van der Waals surface area (Å²) in [5, 5.41) is 11.5. The number of benzene rings is 2. The second kappa shape index (κ2) is 8.59. The van der Waals surface area contributed by atoms with Gasteiger partial charge in [0.15, 0.2) is 6.61 Å². The summed E-state index contributed by atoms with van der Waals surface area (Å²) in [5.41, 5.74) is 2.27. The van der Waals surface area contributed by atoms with Gasteiger partial charge in [0.2, 0.25) is 0 Å². The summed E-state index contributed by atoms with van der Waals surface area (Å²) in [6, 6.07) is 16.4. The highest BCUT2D eigenvalue weighted by Gasteiger charge is 2.06. The fourth-order valence-electron chi connectivity index (χ4n) is 2.33. The van der Waals surface area contributed by atoms with Gasteiger partial charge in [-0.05, 0) is 50.2 Å². The lowest BCUT2D eigenvalue weighted by Crippen LogP contribution is -2.22. The number of hydrogen-bond acceptors (Lipinski definition) is 4. The van der Waals surface area contributed by atoms with Gasteiger partial charge in [0, 0.05) is 30.5 Å². The van der Waals surface area contributed by atoms with E-state index in [4.69, 9.17) is 10.00 Å². The van der Waals surface area contributed by atoms with E-state index in [1.54, 1.807) is 24.3 Å². The molecule has 1 amide bonds. The van der Waals surface area contributed by atoms with Crippen LogP contribution in [0.15, 0.2) is 48.5 Å². The molecule has 24 heavy (non-hydrogen) atoms. The van der Waals surface area contributed by atoms with Crippen molar-refractivity contribution in [2.75, 3.05) is 29.9 Å². The number of hydrogen-bond donors (Lipinski definition) is 1. The zero-order valence-electron chi connectivity index (χ0n) is 14.0. The predicted octanol–water partition coefficient (Wildman–Crippen LogP) is 3.42. The van der Waals surface area contributed by atoms with Crippen molar-refractivity contribution in [2.45, 2.75) is 13.8 Å². The lowest BCUT2D eigenvalue weighted by Gasteiger charge is -2.21. The number of amides is 1. The zero-order chi connectivity index (χ0) is 17.4. The Morgan fingerprint density at radius 1 is 1.17 bits per heavy atom. The molecule has 0 heterocycles. The van der Waals surface area contributed by atoms with E-state index < -0.39 is 0 Å². The Labute approximate surface area is 142 Å². The van der Waals surface area contributed by atoms with Crippen LogP contribution >= 0.6 is 0 Å². The Hall–Kier alpha value is -3.00. The second-order valence-corrected chi connectivity index (χ2v) is 5.20. The summed E-state index contributed by atoms with van der Waals surface area (Å²) in [6.45, 7) is 5.96. The zero-order valence-corrected chi connectivity index (χ0v) is 14.0. The van der Waals surface area contributed by atoms with Gasteiger partial charge in [0.25, 0.3) is 5.91 Å². The number of ether oxygens (including phenoxy) is 1. The maximum Gasteiger partial charge on any atom is 0.262 e. The average Bonchev–Trinajstić information content (AvgIpc) is 2.62. The van der Waals surface area contributed by atoms with Gasteiger partial charge in [-0.15, -0.1) is 0 Å². The standard InChI is InChI=1S/C19H21N3O2/c1-3-22(4-2)17-6-5-7-18(12-17)24-14-19(23)21-16-10-8-15(13-20)9-11-16/h5-12H,3-4,14H2,1-2H3,(H,21,23). The molecule has 0 fully saturated rings. The van der Waals surface area contributed by atoms with Crippen molar-refractivity contribution in [3.63, 3.8) is 0 Å². The van der Waals surface area contributed by atoms with Crippen molar-refractivity contribution in [1.29, 1.82) is 5.26 Å². The van der Waals surface area contributed by atoms with E-state index in [0.717, 1.165) is 18.8 Å². The monoisotopic (exact) mass is 323 g/mol. The molecule has 2 aromatic carbocycles. The molecular weight excluding hydrogens is 302 g/mol. The number of nitrogens with one attached hydrogen (secondary N) is 1. The second-order valence-electron chi connectivity index (χ2n) is 5.20. The average molecular weight is 323 g/mol. The molecule has 0 aliphatic heterocycles. The van der Waals surface area contributed by atoms with Gasteiger partial charge in [0.1, 0.15) is 5.75 Å². The highest BCUT2D eigenvalue weighted by molar-refractivity contribution is 5.91. The molecule has 5 heteroatoms. The number of nitriles is 1. The van der Waals surface area contributed by atoms with Crippen LogP contribution in [0.2, 0.25) is 0 Å². The normalized spacial score (nSPS) is 9.88. The van der Waals surface area contributed by atoms with Crippen molar-refractivity contribution < 1.29 is 9.53 Å². The topological polar surface area (TPSA) is 65.4 Å². The molecule has 0 radical (unpaired) electrons. The molecule has 0 saturated heterocycles. The lowest BCUT2D eigenvalue weighted by atomic mass is 10.2. The summed E-state index contributed by atoms with van der Waals surface area (Å²) in [6.07, 6.45) is 0. The van der Waals surface area contributed by atoms with E-state index in [0.29, 0.717) is 17.0 Å². The summed E-state index contributed by atoms with van der Waals surface area (Å²) in [5.74, 6) is 0.419. The fraction of sp³-hybridized carbons (Fsp3) is 0.263. The first-order chi connectivity index (χ1) is 11.7. The highest BCUT2D eigenvalue weighted by Crippen LogP contribution is 2.21. The van der Waals surface area contributed by atoms with E-state index in [2.05, 4.69) is 24.1 Å². The van der Waals surface area contributed by atoms with Crippen LogP contribution in [0.5, 0.6) is 5.75 Å². The third kappa shape index (κ3) is 4.75. The Balaban J connectivity index is 1.91. The first kappa shape index (κ1) is 17.4. The molecule has 0 aromatic heterocycles. The summed E-state index contributed by atoms with van der Waals surface area (Å²) < 4.78 is 5.57. The molecule has 0 saturated carbocycles. The van der Waals surface area contributed by atoms with Crippen molar-refractivity contribution in [2.24, 2.45) is 0 Å². The van der Waals surface area contributed by atoms with Crippen LogP contribution in [0.1, 0.15) is 19.4 Å². The maximum atomic E-state index is 12.0. The Morgan fingerprint density at radius 2 is 1.88 bits per heavy atom. The Morgan fingerprint density at radius 3 is 2.50 bits per heavy atom. The van der Waals surface area contributed by atoms with Crippen LogP contribution in [0.3, 0.4) is 0 Å². The molecule has 0 atom stereocenters. The maximum absolute atomic E-state index is 12.0. The number of carbonyl (C=O) groups is 1. The lowest BCUT2D eigenvalue weighted by molar-refractivity contribution is -0.118. The first-order valence-corrected chi connectivity index (χ1v) is 7.94. The molecule has 0 unspecified atom stereocenters. The minimum atomic E-state index is -0.243. The molecule has 5 nitrogen and oxygen atoms in total. The smallest absolute Gasteiger partial charge is 0.262 e. The molecule has 124 valence electrons. The number of anilines is 2. The molecule has 0 spiro atoms. The Bertz CT molecular complexity index is 716. The summed E-state index contributed by atoms with van der Waals surface area (Å²) in [7, 11) is 0. The SMILES string of the molecule is CCN(CC)c1cccc(OCC(=O)Nc2ccc(C#N)cc2)c1. The number of nitrogens with zero attached hydrogens (tertiary/aromatic N) is 2. The Kier molecular flexibility index (Phi) is 6.21. The van der Waals surface area contributed by atoms with Crippen LogP contribution in [-0.2, 0) is 4.79 Å². The fourth-order valence-corrected chi connectivity index (χ4v) is 2.33. The van der Waals surface area contributed by atoms with Crippen LogP contribution in [0.4, 0.5) is 11.4 Å². The predicted molar refractivity (Wildman–Crippen MR) is 95.3 cm³/mol. The van der Waals surface area contributed by atoms with E-state index in [1.807, 2.05) is 30.3 Å². The van der Waals surface area contributed by atoms with Gasteiger partial charge in [-0.2, -0.15) is 5.26 Å². The van der Waals surface area contributed by atoms with Crippen LogP contribution in [0.25, 0.3) is 0 Å². The number of carbonyl (C=O) groups excluding carboxylic acids is 1. The first-order valence-electron chi connectivity index (χ1n) is 7.94. The molecule has 0 aliphatic carbocycles. The van der Waals surface area contributed by atoms with E-state index >= 15 is 0 Å². The van der Waals surface area contributed by atoms with E-state index in [1.165, 1.54) is 0 Å². The molecule has 1 N–H and O–H groups in total. The van der Waals surface area contributed by atoms with Gasteiger partial charge in [0.05, 0.1) is 11.6 Å². The van der Waals surface area contributed by atoms with Gasteiger partial charge in [-0.3, -0.25) is 4.79 Å². The molecule has 2 rings (SSSR count). The highest BCUT2D eigenvalue weighted by atomic mass is 16.5. The molecule has 2 aromatic rings. The summed E-state index contributed by atoms with van der Waals surface area (Å²) in [4.78, 5) is 14.2.